The number of amides is 3. The van der Waals surface area contributed by atoms with E-state index in [-0.39, 0.29) is 38.3 Å². The SMILES string of the molecule is NC(=O)COc1ccc(C(=O)NCCN2C(=O)/C(=C\c3ccc4c(c3)OCO4)SC2=S)cc1. The molecule has 0 saturated carbocycles. The Morgan fingerprint density at radius 1 is 1.18 bits per heavy atom. The van der Waals surface area contributed by atoms with Gasteiger partial charge in [-0.25, -0.2) is 0 Å². The van der Waals surface area contributed by atoms with E-state index in [0.717, 1.165) is 5.56 Å². The topological polar surface area (TPSA) is 120 Å². The Hall–Kier alpha value is -3.57. The zero-order chi connectivity index (χ0) is 23.4. The van der Waals surface area contributed by atoms with E-state index in [0.29, 0.717) is 32.0 Å². The molecular formula is C22H19N3O6S2. The average Bonchev–Trinajstić information content (AvgIpc) is 3.37. The van der Waals surface area contributed by atoms with Crippen LogP contribution in [0.2, 0.25) is 0 Å². The van der Waals surface area contributed by atoms with Crippen molar-refractivity contribution < 1.29 is 28.6 Å². The highest BCUT2D eigenvalue weighted by atomic mass is 32.2. The first kappa shape index (κ1) is 22.6. The monoisotopic (exact) mass is 485 g/mol. The number of nitrogens with zero attached hydrogens (tertiary/aromatic N) is 1. The number of benzene rings is 2. The van der Waals surface area contributed by atoms with Gasteiger partial charge < -0.3 is 25.3 Å². The zero-order valence-electron chi connectivity index (χ0n) is 17.2. The molecule has 1 saturated heterocycles. The molecule has 1 fully saturated rings. The lowest BCUT2D eigenvalue weighted by Crippen LogP contribution is -2.37. The van der Waals surface area contributed by atoms with Gasteiger partial charge in [-0.3, -0.25) is 19.3 Å². The minimum absolute atomic E-state index is 0.180. The highest BCUT2D eigenvalue weighted by Gasteiger charge is 2.31. The minimum Gasteiger partial charge on any atom is -0.484 e. The van der Waals surface area contributed by atoms with Crippen molar-refractivity contribution in [1.82, 2.24) is 10.2 Å². The van der Waals surface area contributed by atoms with Crippen LogP contribution in [0.4, 0.5) is 0 Å². The fraction of sp³-hybridized carbons (Fsp3) is 0.182. The number of thioether (sulfide) groups is 1. The fourth-order valence-electron chi connectivity index (χ4n) is 3.09. The molecule has 9 nitrogen and oxygen atoms in total. The maximum Gasteiger partial charge on any atom is 0.266 e. The summed E-state index contributed by atoms with van der Waals surface area (Å²) in [5.74, 6) is 0.624. The summed E-state index contributed by atoms with van der Waals surface area (Å²) in [7, 11) is 0. The Morgan fingerprint density at radius 3 is 2.70 bits per heavy atom. The largest absolute Gasteiger partial charge is 0.484 e. The van der Waals surface area contributed by atoms with Crippen molar-refractivity contribution >= 4 is 52.1 Å². The first-order chi connectivity index (χ1) is 15.9. The smallest absolute Gasteiger partial charge is 0.266 e. The van der Waals surface area contributed by atoms with Crippen LogP contribution < -0.4 is 25.3 Å². The molecule has 0 spiro atoms. The van der Waals surface area contributed by atoms with E-state index in [9.17, 15) is 14.4 Å². The van der Waals surface area contributed by atoms with E-state index in [1.54, 1.807) is 42.5 Å². The molecule has 3 N–H and O–H groups in total. The van der Waals surface area contributed by atoms with Gasteiger partial charge in [-0.1, -0.05) is 30.0 Å². The number of nitrogens with one attached hydrogen (secondary N) is 1. The second-order valence-corrected chi connectivity index (χ2v) is 8.66. The number of hydrogen-bond donors (Lipinski definition) is 2. The maximum absolute atomic E-state index is 12.8. The highest BCUT2D eigenvalue weighted by molar-refractivity contribution is 8.26. The third-order valence-electron chi connectivity index (χ3n) is 4.69. The quantitative estimate of drug-likeness (QED) is 0.430. The van der Waals surface area contributed by atoms with Gasteiger partial charge in [0.1, 0.15) is 10.1 Å². The maximum atomic E-state index is 12.8. The van der Waals surface area contributed by atoms with Gasteiger partial charge in [-0.15, -0.1) is 0 Å². The van der Waals surface area contributed by atoms with Gasteiger partial charge in [0.2, 0.25) is 6.79 Å². The van der Waals surface area contributed by atoms with Crippen LogP contribution in [0.3, 0.4) is 0 Å². The first-order valence-electron chi connectivity index (χ1n) is 9.85. The van der Waals surface area contributed by atoms with Crippen LogP contribution in [0.5, 0.6) is 17.2 Å². The van der Waals surface area contributed by atoms with E-state index in [1.807, 2.05) is 6.07 Å². The molecule has 2 heterocycles. The van der Waals surface area contributed by atoms with Crippen LogP contribution in [-0.4, -0.2) is 53.4 Å². The van der Waals surface area contributed by atoms with Crippen LogP contribution in [0.25, 0.3) is 6.08 Å². The van der Waals surface area contributed by atoms with Crippen molar-refractivity contribution in [3.63, 3.8) is 0 Å². The molecule has 0 aliphatic carbocycles. The van der Waals surface area contributed by atoms with Gasteiger partial charge in [0.25, 0.3) is 17.7 Å². The zero-order valence-corrected chi connectivity index (χ0v) is 18.9. The minimum atomic E-state index is -0.585. The Labute approximate surface area is 198 Å². The predicted octanol–water partition coefficient (Wildman–Crippen LogP) is 1.91. The molecule has 0 atom stereocenters. The summed E-state index contributed by atoms with van der Waals surface area (Å²) < 4.78 is 16.3. The van der Waals surface area contributed by atoms with Crippen LogP contribution >= 0.6 is 24.0 Å². The second-order valence-electron chi connectivity index (χ2n) is 6.98. The third-order valence-corrected chi connectivity index (χ3v) is 6.06. The number of carbonyl (C=O) groups is 3. The molecule has 0 aromatic heterocycles. The molecule has 0 unspecified atom stereocenters. The molecule has 33 heavy (non-hydrogen) atoms. The van der Waals surface area contributed by atoms with Crippen molar-refractivity contribution in [2.24, 2.45) is 5.73 Å². The number of primary amides is 1. The van der Waals surface area contributed by atoms with Crippen LogP contribution in [0.15, 0.2) is 47.4 Å². The molecule has 2 aromatic carbocycles. The summed E-state index contributed by atoms with van der Waals surface area (Å²) in [6.07, 6.45) is 1.75. The lowest BCUT2D eigenvalue weighted by Gasteiger charge is -2.15. The number of hydrogen-bond acceptors (Lipinski definition) is 8. The van der Waals surface area contributed by atoms with Crippen molar-refractivity contribution in [3.05, 3.63) is 58.5 Å². The van der Waals surface area contributed by atoms with Crippen molar-refractivity contribution in [1.29, 1.82) is 0 Å². The average molecular weight is 486 g/mol. The first-order valence-corrected chi connectivity index (χ1v) is 11.1. The summed E-state index contributed by atoms with van der Waals surface area (Å²) in [5.41, 5.74) is 6.25. The summed E-state index contributed by atoms with van der Waals surface area (Å²) >= 11 is 6.55. The molecule has 170 valence electrons. The molecule has 4 rings (SSSR count). The molecule has 11 heteroatoms. The lowest BCUT2D eigenvalue weighted by atomic mass is 10.2. The van der Waals surface area contributed by atoms with Gasteiger partial charge >= 0.3 is 0 Å². The number of rotatable bonds is 8. The van der Waals surface area contributed by atoms with Crippen LogP contribution in [0.1, 0.15) is 15.9 Å². The summed E-state index contributed by atoms with van der Waals surface area (Å²) in [5, 5.41) is 2.76. The normalized spacial score (nSPS) is 15.8. The molecule has 0 bridgehead atoms. The lowest BCUT2D eigenvalue weighted by molar-refractivity contribution is -0.122. The van der Waals surface area contributed by atoms with E-state index >= 15 is 0 Å². The highest BCUT2D eigenvalue weighted by Crippen LogP contribution is 2.36. The van der Waals surface area contributed by atoms with Crippen molar-refractivity contribution in [2.45, 2.75) is 0 Å². The summed E-state index contributed by atoms with van der Waals surface area (Å²) in [6, 6.07) is 11.7. The third kappa shape index (κ3) is 5.44. The Balaban J connectivity index is 1.30. The van der Waals surface area contributed by atoms with Crippen molar-refractivity contribution in [2.75, 3.05) is 26.5 Å². The summed E-state index contributed by atoms with van der Waals surface area (Å²) in [6.45, 7) is 0.412. The number of thiocarbonyl (C=S) groups is 1. The number of ether oxygens (including phenoxy) is 3. The molecule has 2 aliphatic rings. The van der Waals surface area contributed by atoms with Gasteiger partial charge in [0.15, 0.2) is 18.1 Å². The van der Waals surface area contributed by atoms with Gasteiger partial charge in [-0.05, 0) is 48.0 Å². The van der Waals surface area contributed by atoms with Gasteiger partial charge in [0, 0.05) is 18.7 Å². The second kappa shape index (κ2) is 9.92. The van der Waals surface area contributed by atoms with Gasteiger partial charge in [0.05, 0.1) is 4.91 Å². The Kier molecular flexibility index (Phi) is 6.80. The fourth-order valence-corrected chi connectivity index (χ4v) is 4.40. The van der Waals surface area contributed by atoms with E-state index in [2.05, 4.69) is 5.32 Å². The van der Waals surface area contributed by atoms with Crippen LogP contribution in [-0.2, 0) is 9.59 Å². The van der Waals surface area contributed by atoms with Gasteiger partial charge in [-0.2, -0.15) is 0 Å². The summed E-state index contributed by atoms with van der Waals surface area (Å²) in [4.78, 5) is 37.8. The molecule has 3 amide bonds. The number of fused-ring (bicyclic) bond motifs is 1. The van der Waals surface area contributed by atoms with E-state index < -0.39 is 5.91 Å². The molecule has 2 aromatic rings. The number of nitrogens with two attached hydrogens (primary N) is 1. The van der Waals surface area contributed by atoms with Crippen LogP contribution in [0, 0.1) is 0 Å². The molecule has 2 aliphatic heterocycles. The molecular weight excluding hydrogens is 466 g/mol. The Morgan fingerprint density at radius 2 is 1.94 bits per heavy atom. The number of carbonyl (C=O) groups excluding carboxylic acids is 3. The Bertz CT molecular complexity index is 1150. The predicted molar refractivity (Wildman–Crippen MR) is 126 cm³/mol. The standard InChI is InChI=1S/C22H19N3O6S2/c23-19(26)11-29-15-4-2-14(3-5-15)20(27)24-7-8-25-21(28)18(33-22(25)32)10-13-1-6-16-17(9-13)31-12-30-16/h1-6,9-10H,7-8,11-12H2,(H2,23,26)(H,24,27)/b18-10+. The van der Waals surface area contributed by atoms with Crippen molar-refractivity contribution in [3.8, 4) is 17.2 Å². The van der Waals surface area contributed by atoms with E-state index in [4.69, 9.17) is 32.2 Å². The molecule has 0 radical (unpaired) electrons. The van der Waals surface area contributed by atoms with E-state index in [1.165, 1.54) is 16.7 Å².